The fourth-order valence-corrected chi connectivity index (χ4v) is 3.55. The molecule has 1 atom stereocenters. The van der Waals surface area contributed by atoms with Gasteiger partial charge in [-0.1, -0.05) is 54.6 Å². The topological polar surface area (TPSA) is 73.2 Å². The first-order chi connectivity index (χ1) is 13.0. The first kappa shape index (κ1) is 16.8. The smallest absolute Gasteiger partial charge is 0.319 e. The van der Waals surface area contributed by atoms with Gasteiger partial charge in [0.1, 0.15) is 5.54 Å². The number of fused-ring (bicyclic) bond motifs is 1. The highest BCUT2D eigenvalue weighted by Gasteiger charge is 2.49. The summed E-state index contributed by atoms with van der Waals surface area (Å²) >= 11 is 0. The summed E-state index contributed by atoms with van der Waals surface area (Å²) in [5.41, 5.74) is 0.988. The van der Waals surface area contributed by atoms with Crippen molar-refractivity contribution >= 4 is 22.7 Å². The number of hydrogen-bond acceptors (Lipinski definition) is 3. The van der Waals surface area contributed by atoms with Crippen LogP contribution < -0.4 is 5.32 Å². The number of imide groups is 1. The normalized spacial score (nSPS) is 19.2. The standard InChI is InChI=1S/C22H17N3O2/c1-22(19-8-4-6-17-5-2-3-7-18(17)19)20(26)25(21(27)24-22)14-16-11-9-15(13-23)10-12-16/h2-12H,14H2,1H3,(H,24,27). The lowest BCUT2D eigenvalue weighted by atomic mass is 9.88. The third kappa shape index (κ3) is 2.72. The van der Waals surface area contributed by atoms with Crippen molar-refractivity contribution in [3.63, 3.8) is 0 Å². The van der Waals surface area contributed by atoms with E-state index in [1.165, 1.54) is 4.90 Å². The van der Waals surface area contributed by atoms with Gasteiger partial charge in [-0.15, -0.1) is 0 Å². The molecule has 0 aromatic heterocycles. The van der Waals surface area contributed by atoms with E-state index in [0.717, 1.165) is 21.9 Å². The van der Waals surface area contributed by atoms with Gasteiger partial charge in [-0.3, -0.25) is 9.69 Å². The van der Waals surface area contributed by atoms with Gasteiger partial charge >= 0.3 is 6.03 Å². The Morgan fingerprint density at radius 1 is 1.00 bits per heavy atom. The van der Waals surface area contributed by atoms with Gasteiger partial charge in [0, 0.05) is 0 Å². The molecule has 3 amide bonds. The average molecular weight is 355 g/mol. The largest absolute Gasteiger partial charge is 0.325 e. The number of benzene rings is 3. The third-order valence-corrected chi connectivity index (χ3v) is 5.03. The summed E-state index contributed by atoms with van der Waals surface area (Å²) in [4.78, 5) is 27.0. The van der Waals surface area contributed by atoms with E-state index in [9.17, 15) is 9.59 Å². The van der Waals surface area contributed by atoms with Gasteiger partial charge in [0.05, 0.1) is 18.2 Å². The van der Waals surface area contributed by atoms with E-state index in [1.54, 1.807) is 31.2 Å². The summed E-state index contributed by atoms with van der Waals surface area (Å²) in [7, 11) is 0. The molecule has 1 aliphatic heterocycles. The Hall–Kier alpha value is -3.65. The minimum absolute atomic E-state index is 0.163. The number of carbonyl (C=O) groups is 2. The van der Waals surface area contributed by atoms with Crippen molar-refractivity contribution in [1.29, 1.82) is 5.26 Å². The molecule has 3 aromatic carbocycles. The molecular weight excluding hydrogens is 338 g/mol. The highest BCUT2D eigenvalue weighted by molar-refractivity contribution is 6.09. The van der Waals surface area contributed by atoms with Gasteiger partial charge in [0.2, 0.25) is 0 Å². The molecule has 27 heavy (non-hydrogen) atoms. The second-order valence-electron chi connectivity index (χ2n) is 6.78. The molecule has 1 aliphatic rings. The highest BCUT2D eigenvalue weighted by Crippen LogP contribution is 2.34. The van der Waals surface area contributed by atoms with Crippen molar-refractivity contribution in [1.82, 2.24) is 10.2 Å². The maximum absolute atomic E-state index is 13.2. The second-order valence-corrected chi connectivity index (χ2v) is 6.78. The lowest BCUT2D eigenvalue weighted by molar-refractivity contribution is -0.131. The Balaban J connectivity index is 1.70. The minimum Gasteiger partial charge on any atom is -0.319 e. The molecular formula is C22H17N3O2. The molecule has 0 radical (unpaired) electrons. The van der Waals surface area contributed by atoms with Gasteiger partial charge in [-0.25, -0.2) is 4.79 Å². The van der Waals surface area contributed by atoms with Crippen LogP contribution in [0.25, 0.3) is 10.8 Å². The van der Waals surface area contributed by atoms with Gasteiger partial charge in [-0.2, -0.15) is 5.26 Å². The number of carbonyl (C=O) groups excluding carboxylic acids is 2. The minimum atomic E-state index is -1.12. The fourth-order valence-electron chi connectivity index (χ4n) is 3.55. The van der Waals surface area contributed by atoms with Crippen LogP contribution in [0.15, 0.2) is 66.7 Å². The van der Waals surface area contributed by atoms with E-state index >= 15 is 0 Å². The van der Waals surface area contributed by atoms with Crippen LogP contribution in [0, 0.1) is 11.3 Å². The molecule has 5 heteroatoms. The van der Waals surface area contributed by atoms with Gasteiger partial charge in [-0.05, 0) is 41.0 Å². The van der Waals surface area contributed by atoms with E-state index in [-0.39, 0.29) is 12.5 Å². The van der Waals surface area contributed by atoms with E-state index in [4.69, 9.17) is 5.26 Å². The Kier molecular flexibility index (Phi) is 3.89. The number of urea groups is 1. The molecule has 3 aromatic rings. The first-order valence-electron chi connectivity index (χ1n) is 8.64. The van der Waals surface area contributed by atoms with E-state index in [1.807, 2.05) is 42.5 Å². The van der Waals surface area contributed by atoms with Crippen molar-refractivity contribution in [2.24, 2.45) is 0 Å². The molecule has 1 saturated heterocycles. The summed E-state index contributed by atoms with van der Waals surface area (Å²) in [5, 5.41) is 13.7. The van der Waals surface area contributed by atoms with Crippen LogP contribution in [0.4, 0.5) is 4.79 Å². The summed E-state index contributed by atoms with van der Waals surface area (Å²) in [5.74, 6) is -0.284. The number of amides is 3. The summed E-state index contributed by atoms with van der Waals surface area (Å²) < 4.78 is 0. The summed E-state index contributed by atoms with van der Waals surface area (Å²) in [6.07, 6.45) is 0. The molecule has 0 spiro atoms. The lowest BCUT2D eigenvalue weighted by Crippen LogP contribution is -2.41. The van der Waals surface area contributed by atoms with Crippen molar-refractivity contribution in [2.75, 3.05) is 0 Å². The zero-order chi connectivity index (χ0) is 19.0. The van der Waals surface area contributed by atoms with Gasteiger partial charge in [0.25, 0.3) is 5.91 Å². The number of rotatable bonds is 3. The quantitative estimate of drug-likeness (QED) is 0.729. The summed E-state index contributed by atoms with van der Waals surface area (Å²) in [6.45, 7) is 1.91. The van der Waals surface area contributed by atoms with Crippen LogP contribution in [0.5, 0.6) is 0 Å². The summed E-state index contributed by atoms with van der Waals surface area (Å²) in [6, 6.07) is 22.1. The molecule has 1 heterocycles. The number of nitrogens with one attached hydrogen (secondary N) is 1. The zero-order valence-electron chi connectivity index (χ0n) is 14.8. The van der Waals surface area contributed by atoms with Gasteiger partial charge in [0.15, 0.2) is 0 Å². The van der Waals surface area contributed by atoms with E-state index in [0.29, 0.717) is 5.56 Å². The Morgan fingerprint density at radius 3 is 2.44 bits per heavy atom. The highest BCUT2D eigenvalue weighted by atomic mass is 16.2. The number of hydrogen-bond donors (Lipinski definition) is 1. The van der Waals surface area contributed by atoms with Crippen LogP contribution in [0.2, 0.25) is 0 Å². The maximum Gasteiger partial charge on any atom is 0.325 e. The molecule has 132 valence electrons. The predicted molar refractivity (Wildman–Crippen MR) is 102 cm³/mol. The van der Waals surface area contributed by atoms with Gasteiger partial charge < -0.3 is 5.32 Å². The SMILES string of the molecule is CC1(c2cccc3ccccc23)NC(=O)N(Cc2ccc(C#N)cc2)C1=O. The third-order valence-electron chi connectivity index (χ3n) is 5.03. The first-order valence-corrected chi connectivity index (χ1v) is 8.64. The van der Waals surface area contributed by atoms with Crippen molar-refractivity contribution < 1.29 is 9.59 Å². The predicted octanol–water partition coefficient (Wildman–Crippen LogP) is 3.68. The van der Waals surface area contributed by atoms with Crippen LogP contribution in [-0.4, -0.2) is 16.8 Å². The molecule has 5 nitrogen and oxygen atoms in total. The van der Waals surface area contributed by atoms with E-state index in [2.05, 4.69) is 11.4 Å². The molecule has 1 N–H and O–H groups in total. The van der Waals surface area contributed by atoms with Crippen LogP contribution in [0.3, 0.4) is 0 Å². The lowest BCUT2D eigenvalue weighted by Gasteiger charge is -2.24. The molecule has 4 rings (SSSR count). The molecule has 1 fully saturated rings. The number of nitriles is 1. The Morgan fingerprint density at radius 2 is 1.70 bits per heavy atom. The number of nitrogens with zero attached hydrogens (tertiary/aromatic N) is 2. The maximum atomic E-state index is 13.2. The van der Waals surface area contributed by atoms with Crippen molar-refractivity contribution in [3.05, 3.63) is 83.4 Å². The molecule has 0 aliphatic carbocycles. The average Bonchev–Trinajstić information content (AvgIpc) is 2.92. The monoisotopic (exact) mass is 355 g/mol. The van der Waals surface area contributed by atoms with E-state index < -0.39 is 11.6 Å². The fraction of sp³-hybridized carbons (Fsp3) is 0.136. The van der Waals surface area contributed by atoms with Crippen molar-refractivity contribution in [3.8, 4) is 6.07 Å². The molecule has 0 saturated carbocycles. The molecule has 1 unspecified atom stereocenters. The van der Waals surface area contributed by atoms with Crippen LogP contribution in [-0.2, 0) is 16.9 Å². The Labute approximate surface area is 156 Å². The van der Waals surface area contributed by atoms with Crippen LogP contribution >= 0.6 is 0 Å². The molecule has 0 bridgehead atoms. The Bertz CT molecular complexity index is 1090. The zero-order valence-corrected chi connectivity index (χ0v) is 14.8. The van der Waals surface area contributed by atoms with Crippen LogP contribution in [0.1, 0.15) is 23.6 Å². The van der Waals surface area contributed by atoms with Crippen molar-refractivity contribution in [2.45, 2.75) is 19.0 Å². The second kappa shape index (κ2) is 6.26.